The van der Waals surface area contributed by atoms with Gasteiger partial charge in [0, 0.05) is 17.8 Å². The molecule has 0 bridgehead atoms. The Bertz CT molecular complexity index is 1220. The molecular weight excluding hydrogens is 424 g/mol. The van der Waals surface area contributed by atoms with E-state index in [0.29, 0.717) is 40.2 Å². The molecule has 0 radical (unpaired) electrons. The number of hydrogen-bond donors (Lipinski definition) is 1. The summed E-state index contributed by atoms with van der Waals surface area (Å²) in [6.07, 6.45) is 1.93. The summed E-state index contributed by atoms with van der Waals surface area (Å²) in [5.41, 5.74) is 2.21. The zero-order valence-corrected chi connectivity index (χ0v) is 18.9. The lowest BCUT2D eigenvalue weighted by molar-refractivity contribution is -0.763. The predicted molar refractivity (Wildman–Crippen MR) is 125 cm³/mol. The van der Waals surface area contributed by atoms with Gasteiger partial charge in [-0.25, -0.2) is 4.90 Å². The van der Waals surface area contributed by atoms with E-state index in [1.807, 2.05) is 55.5 Å². The first-order chi connectivity index (χ1) is 15.6. The van der Waals surface area contributed by atoms with E-state index in [9.17, 15) is 9.59 Å². The van der Waals surface area contributed by atoms with Gasteiger partial charge < -0.3 is 4.74 Å². The average Bonchev–Trinajstić information content (AvgIpc) is 2.80. The second kappa shape index (κ2) is 9.40. The number of thioether (sulfide) groups is 1. The smallest absolute Gasteiger partial charge is 0.325 e. The van der Waals surface area contributed by atoms with Crippen molar-refractivity contribution in [2.24, 2.45) is 0 Å². The summed E-state index contributed by atoms with van der Waals surface area (Å²) in [5, 5.41) is 5.21. The monoisotopic (exact) mass is 449 g/mol. The number of amides is 1. The van der Waals surface area contributed by atoms with Crippen molar-refractivity contribution >= 4 is 23.4 Å². The Balaban J connectivity index is 2.01. The number of H-pyrrole nitrogens is 1. The maximum Gasteiger partial charge on any atom is 0.325 e. The summed E-state index contributed by atoms with van der Waals surface area (Å²) in [7, 11) is 0. The third kappa shape index (κ3) is 3.93. The van der Waals surface area contributed by atoms with Gasteiger partial charge in [-0.3, -0.25) is 14.6 Å². The van der Waals surface area contributed by atoms with Gasteiger partial charge in [-0.1, -0.05) is 49.0 Å². The average molecular weight is 450 g/mol. The van der Waals surface area contributed by atoms with Crippen LogP contribution in [-0.4, -0.2) is 28.3 Å². The topological polar surface area (TPSA) is 79.2 Å². The predicted octanol–water partition coefficient (Wildman–Crippen LogP) is 3.70. The van der Waals surface area contributed by atoms with Gasteiger partial charge in [-0.15, -0.1) is 6.58 Å². The fourth-order valence-corrected chi connectivity index (χ4v) is 4.42. The molecule has 164 valence electrons. The number of benzene rings is 2. The van der Waals surface area contributed by atoms with Crippen LogP contribution in [0.15, 0.2) is 71.1 Å². The molecule has 0 fully saturated rings. The lowest BCUT2D eigenvalue weighted by Crippen LogP contribution is -2.60. The highest BCUT2D eigenvalue weighted by Crippen LogP contribution is 2.39. The Labute approximate surface area is 190 Å². The largest absolute Gasteiger partial charge is 0.493 e. The second-order valence-electron chi connectivity index (χ2n) is 7.32. The number of carbonyl (C=O) groups excluding carboxylic acids is 1. The molecule has 1 aliphatic rings. The first-order valence-electron chi connectivity index (χ1n) is 10.5. The van der Waals surface area contributed by atoms with Gasteiger partial charge in [0.1, 0.15) is 5.75 Å². The Kier molecular flexibility index (Phi) is 6.41. The lowest BCUT2D eigenvalue weighted by atomic mass is 10.0. The number of fused-ring (bicyclic) bond motifs is 3. The van der Waals surface area contributed by atoms with Gasteiger partial charge in [-0.05, 0) is 35.4 Å². The van der Waals surface area contributed by atoms with Crippen molar-refractivity contribution in [1.82, 2.24) is 10.1 Å². The van der Waals surface area contributed by atoms with Crippen LogP contribution < -0.4 is 19.9 Å². The van der Waals surface area contributed by atoms with Crippen molar-refractivity contribution in [1.29, 1.82) is 0 Å². The van der Waals surface area contributed by atoms with Crippen molar-refractivity contribution < 1.29 is 14.2 Å². The molecule has 4 rings (SSSR count). The molecule has 0 unspecified atom stereocenters. The zero-order chi connectivity index (χ0) is 22.7. The van der Waals surface area contributed by atoms with Gasteiger partial charge >= 0.3 is 11.3 Å². The highest BCUT2D eigenvalue weighted by molar-refractivity contribution is 7.99. The normalized spacial score (nSPS) is 14.4. The molecule has 2 heterocycles. The van der Waals surface area contributed by atoms with Crippen molar-refractivity contribution in [2.45, 2.75) is 31.6 Å². The fraction of sp³-hybridized carbons (Fsp3) is 0.250. The Morgan fingerprint density at radius 3 is 2.78 bits per heavy atom. The van der Waals surface area contributed by atoms with Crippen LogP contribution in [0.3, 0.4) is 0 Å². The zero-order valence-electron chi connectivity index (χ0n) is 18.1. The van der Waals surface area contributed by atoms with E-state index in [1.54, 1.807) is 15.7 Å². The summed E-state index contributed by atoms with van der Waals surface area (Å²) < 4.78 is 7.65. The minimum atomic E-state index is -0.671. The van der Waals surface area contributed by atoms with Crippen LogP contribution >= 0.6 is 11.8 Å². The van der Waals surface area contributed by atoms with Crippen molar-refractivity contribution in [3.8, 4) is 17.0 Å². The lowest BCUT2D eigenvalue weighted by Gasteiger charge is -2.32. The molecule has 32 heavy (non-hydrogen) atoms. The van der Waals surface area contributed by atoms with Crippen LogP contribution in [0.4, 0.5) is 5.69 Å². The number of aromatic nitrogens is 3. The van der Waals surface area contributed by atoms with Gasteiger partial charge in [0.2, 0.25) is 11.1 Å². The van der Waals surface area contributed by atoms with Crippen molar-refractivity contribution in [3.05, 3.63) is 77.1 Å². The van der Waals surface area contributed by atoms with Gasteiger partial charge in [-0.2, -0.15) is 0 Å². The van der Waals surface area contributed by atoms with Gasteiger partial charge in [0.15, 0.2) is 0 Å². The highest BCUT2D eigenvalue weighted by Gasteiger charge is 2.46. The number of carbonyl (C=O) groups is 1. The highest BCUT2D eigenvalue weighted by atomic mass is 32.2. The molecular formula is C24H25N4O3S+. The standard InChI is InChI=1S/C24H24N4O3S/c1-4-14-31-20-13-9-7-11-18(20)23-27(16(3)29)19-12-8-6-10-17(19)21-22(30)25-24(26-28(21)23)32-15-5-2/h5-13,23H,2,4,14-15H2,1,3H3/p+1/t23-/m0/s1. The molecule has 0 saturated carbocycles. The molecule has 1 atom stereocenters. The van der Waals surface area contributed by atoms with Crippen LogP contribution in [0, 0.1) is 0 Å². The van der Waals surface area contributed by atoms with Gasteiger partial charge in [0.05, 0.1) is 23.4 Å². The summed E-state index contributed by atoms with van der Waals surface area (Å²) in [5.74, 6) is 1.09. The van der Waals surface area contributed by atoms with Crippen LogP contribution in [-0.2, 0) is 4.79 Å². The molecule has 7 nitrogen and oxygen atoms in total. The third-order valence-corrected chi connectivity index (χ3v) is 5.95. The second-order valence-corrected chi connectivity index (χ2v) is 8.33. The molecule has 0 saturated heterocycles. The summed E-state index contributed by atoms with van der Waals surface area (Å²) >= 11 is 1.37. The maximum absolute atomic E-state index is 13.2. The molecule has 1 N–H and O–H groups in total. The van der Waals surface area contributed by atoms with Crippen molar-refractivity contribution in [2.75, 3.05) is 17.3 Å². The van der Waals surface area contributed by atoms with Crippen molar-refractivity contribution in [3.63, 3.8) is 0 Å². The quantitative estimate of drug-likeness (QED) is 0.338. The number of aromatic amines is 1. The molecule has 3 aromatic rings. The van der Waals surface area contributed by atoms with E-state index in [-0.39, 0.29) is 11.5 Å². The number of nitrogens with one attached hydrogen (secondary N) is 1. The summed E-state index contributed by atoms with van der Waals surface area (Å²) in [6, 6.07) is 15.0. The SMILES string of the molecule is C=CCSc1n[n+]2c(c(=O)[nH]1)-c1ccccc1N(C(C)=O)[C@@H]2c1ccccc1OCCC. The molecule has 8 heteroatoms. The van der Waals surface area contributed by atoms with Crippen LogP contribution in [0.25, 0.3) is 11.3 Å². The molecule has 1 aromatic heterocycles. The van der Waals surface area contributed by atoms with E-state index in [0.717, 1.165) is 12.0 Å². The van der Waals surface area contributed by atoms with Crippen LogP contribution in [0.5, 0.6) is 5.75 Å². The molecule has 0 aliphatic carbocycles. The van der Waals surface area contributed by atoms with E-state index in [2.05, 4.69) is 11.6 Å². The number of ether oxygens (including phenoxy) is 1. The number of rotatable bonds is 7. The number of hydrogen-bond acceptors (Lipinski definition) is 5. The van der Waals surface area contributed by atoms with E-state index >= 15 is 0 Å². The Morgan fingerprint density at radius 1 is 1.28 bits per heavy atom. The number of nitrogens with zero attached hydrogens (tertiary/aromatic N) is 3. The molecule has 1 aliphatic heterocycles. The van der Waals surface area contributed by atoms with Crippen LogP contribution in [0.1, 0.15) is 32.0 Å². The minimum absolute atomic E-state index is 0.159. The number of para-hydroxylation sites is 2. The summed E-state index contributed by atoms with van der Waals surface area (Å²) in [6.45, 7) is 7.84. The minimum Gasteiger partial charge on any atom is -0.493 e. The molecule has 2 aromatic carbocycles. The maximum atomic E-state index is 13.2. The Hall–Kier alpha value is -3.39. The van der Waals surface area contributed by atoms with E-state index in [4.69, 9.17) is 9.84 Å². The molecule has 1 amide bonds. The molecule has 0 spiro atoms. The summed E-state index contributed by atoms with van der Waals surface area (Å²) in [4.78, 5) is 30.7. The first kappa shape index (κ1) is 21.8. The van der Waals surface area contributed by atoms with E-state index in [1.165, 1.54) is 18.7 Å². The Morgan fingerprint density at radius 2 is 2.03 bits per heavy atom. The first-order valence-corrected chi connectivity index (χ1v) is 11.5. The van der Waals surface area contributed by atoms with Crippen LogP contribution in [0.2, 0.25) is 0 Å². The number of anilines is 1. The fourth-order valence-electron chi connectivity index (χ4n) is 3.83. The third-order valence-electron chi connectivity index (χ3n) is 5.09. The van der Waals surface area contributed by atoms with E-state index < -0.39 is 6.17 Å². The van der Waals surface area contributed by atoms with Gasteiger partial charge in [0.25, 0.3) is 6.17 Å².